The summed E-state index contributed by atoms with van der Waals surface area (Å²) in [6.07, 6.45) is 1.90. The standard InChI is InChI=1S/C17H19N3/c1-3-12-6-5-7-13-14(10-18)15-11-20(4-2)9-8-16(15)19-17(12)13/h5-7H,3-4,8-9,11H2,1-2H3. The molecule has 0 spiro atoms. The number of para-hydroxylation sites is 1. The summed E-state index contributed by atoms with van der Waals surface area (Å²) in [4.78, 5) is 7.26. The zero-order valence-corrected chi connectivity index (χ0v) is 12.1. The number of likely N-dealkylation sites (N-methyl/N-ethyl adjacent to an activating group) is 1. The van der Waals surface area contributed by atoms with Gasteiger partial charge in [0.25, 0.3) is 0 Å². The van der Waals surface area contributed by atoms with E-state index in [-0.39, 0.29) is 0 Å². The van der Waals surface area contributed by atoms with E-state index in [0.29, 0.717) is 0 Å². The summed E-state index contributed by atoms with van der Waals surface area (Å²) in [6, 6.07) is 8.61. The smallest absolute Gasteiger partial charge is 0.100 e. The largest absolute Gasteiger partial charge is 0.299 e. The molecule has 20 heavy (non-hydrogen) atoms. The van der Waals surface area contributed by atoms with Crippen molar-refractivity contribution in [1.82, 2.24) is 9.88 Å². The van der Waals surface area contributed by atoms with Crippen LogP contribution in [0.15, 0.2) is 18.2 Å². The Morgan fingerprint density at radius 2 is 2.20 bits per heavy atom. The van der Waals surface area contributed by atoms with Crippen LogP contribution < -0.4 is 0 Å². The molecule has 3 rings (SSSR count). The summed E-state index contributed by atoms with van der Waals surface area (Å²) >= 11 is 0. The minimum absolute atomic E-state index is 0.832. The lowest BCUT2D eigenvalue weighted by Crippen LogP contribution is -2.31. The number of hydrogen-bond donors (Lipinski definition) is 0. The first kappa shape index (κ1) is 13.1. The van der Waals surface area contributed by atoms with Crippen LogP contribution in [0, 0.1) is 11.3 Å². The summed E-state index contributed by atoms with van der Waals surface area (Å²) in [5.74, 6) is 0. The van der Waals surface area contributed by atoms with E-state index < -0.39 is 0 Å². The lowest BCUT2D eigenvalue weighted by Gasteiger charge is -2.28. The van der Waals surface area contributed by atoms with Gasteiger partial charge in [-0.15, -0.1) is 0 Å². The normalized spacial score (nSPS) is 15.1. The molecule has 0 saturated heterocycles. The molecule has 1 aliphatic rings. The van der Waals surface area contributed by atoms with Crippen LogP contribution in [0.3, 0.4) is 0 Å². The highest BCUT2D eigenvalue weighted by Crippen LogP contribution is 2.29. The lowest BCUT2D eigenvalue weighted by atomic mass is 9.95. The molecule has 0 atom stereocenters. The van der Waals surface area contributed by atoms with Gasteiger partial charge in [0.15, 0.2) is 0 Å². The third-order valence-electron chi connectivity index (χ3n) is 4.27. The van der Waals surface area contributed by atoms with Crippen LogP contribution in [0.1, 0.15) is 36.2 Å². The first-order chi connectivity index (χ1) is 9.78. The Morgan fingerprint density at radius 3 is 2.90 bits per heavy atom. The Bertz CT molecular complexity index is 697. The number of aryl methyl sites for hydroxylation is 1. The van der Waals surface area contributed by atoms with E-state index in [0.717, 1.165) is 60.2 Å². The highest BCUT2D eigenvalue weighted by atomic mass is 15.1. The summed E-state index contributed by atoms with van der Waals surface area (Å²) in [7, 11) is 0. The fraction of sp³-hybridized carbons (Fsp3) is 0.412. The molecule has 102 valence electrons. The molecule has 2 heterocycles. The maximum atomic E-state index is 9.62. The molecule has 0 saturated carbocycles. The number of benzene rings is 1. The molecule has 2 aromatic rings. The van der Waals surface area contributed by atoms with Crippen molar-refractivity contribution in [1.29, 1.82) is 5.26 Å². The third kappa shape index (κ3) is 1.97. The Balaban J connectivity index is 2.28. The van der Waals surface area contributed by atoms with Gasteiger partial charge in [-0.2, -0.15) is 5.26 Å². The maximum absolute atomic E-state index is 9.62. The summed E-state index contributed by atoms with van der Waals surface area (Å²) in [6.45, 7) is 7.23. The van der Waals surface area contributed by atoms with E-state index in [2.05, 4.69) is 30.9 Å². The van der Waals surface area contributed by atoms with Crippen molar-refractivity contribution in [2.45, 2.75) is 33.2 Å². The van der Waals surface area contributed by atoms with Crippen LogP contribution >= 0.6 is 0 Å². The van der Waals surface area contributed by atoms with Crippen LogP contribution in [-0.4, -0.2) is 23.0 Å². The van der Waals surface area contributed by atoms with Crippen LogP contribution in [0.2, 0.25) is 0 Å². The van der Waals surface area contributed by atoms with Crippen LogP contribution in [-0.2, 0) is 19.4 Å². The second-order valence-corrected chi connectivity index (χ2v) is 5.31. The average Bonchev–Trinajstić information content (AvgIpc) is 2.51. The Morgan fingerprint density at radius 1 is 1.35 bits per heavy atom. The van der Waals surface area contributed by atoms with Gasteiger partial charge in [0, 0.05) is 36.2 Å². The van der Waals surface area contributed by atoms with E-state index in [4.69, 9.17) is 4.98 Å². The molecule has 0 N–H and O–H groups in total. The minimum atomic E-state index is 0.832. The SMILES string of the molecule is CCc1cccc2c(C#N)c3c(nc12)CCN(CC)C3. The number of nitrogens with zero attached hydrogens (tertiary/aromatic N) is 3. The molecule has 0 radical (unpaired) electrons. The number of pyridine rings is 1. The van der Waals surface area contributed by atoms with Gasteiger partial charge in [-0.05, 0) is 18.5 Å². The number of hydrogen-bond acceptors (Lipinski definition) is 3. The zero-order chi connectivity index (χ0) is 14.1. The van der Waals surface area contributed by atoms with E-state index in [1.54, 1.807) is 0 Å². The van der Waals surface area contributed by atoms with Gasteiger partial charge < -0.3 is 0 Å². The van der Waals surface area contributed by atoms with Gasteiger partial charge in [0.05, 0.1) is 11.1 Å². The quantitative estimate of drug-likeness (QED) is 0.838. The number of aromatic nitrogens is 1. The number of rotatable bonds is 2. The van der Waals surface area contributed by atoms with E-state index in [1.807, 2.05) is 12.1 Å². The Kier molecular flexibility index (Phi) is 3.42. The van der Waals surface area contributed by atoms with Crippen molar-refractivity contribution in [3.05, 3.63) is 40.6 Å². The average molecular weight is 265 g/mol. The summed E-state index contributed by atoms with van der Waals surface area (Å²) < 4.78 is 0. The fourth-order valence-corrected chi connectivity index (χ4v) is 3.06. The van der Waals surface area contributed by atoms with Gasteiger partial charge in [-0.1, -0.05) is 32.0 Å². The molecule has 1 aliphatic heterocycles. The van der Waals surface area contributed by atoms with E-state index >= 15 is 0 Å². The van der Waals surface area contributed by atoms with Gasteiger partial charge >= 0.3 is 0 Å². The first-order valence-electron chi connectivity index (χ1n) is 7.34. The maximum Gasteiger partial charge on any atom is 0.100 e. The molecule has 1 aromatic heterocycles. The molecule has 1 aromatic carbocycles. The highest BCUT2D eigenvalue weighted by Gasteiger charge is 2.22. The van der Waals surface area contributed by atoms with Crippen molar-refractivity contribution < 1.29 is 0 Å². The Hall–Kier alpha value is -1.92. The van der Waals surface area contributed by atoms with Crippen molar-refractivity contribution in [3.8, 4) is 6.07 Å². The molecule has 3 heteroatoms. The number of fused-ring (bicyclic) bond motifs is 2. The molecule has 3 nitrogen and oxygen atoms in total. The van der Waals surface area contributed by atoms with E-state index in [9.17, 15) is 5.26 Å². The van der Waals surface area contributed by atoms with Crippen molar-refractivity contribution in [2.24, 2.45) is 0 Å². The number of nitriles is 1. The van der Waals surface area contributed by atoms with Crippen LogP contribution in [0.4, 0.5) is 0 Å². The minimum Gasteiger partial charge on any atom is -0.299 e. The predicted molar refractivity (Wildman–Crippen MR) is 80.5 cm³/mol. The Labute approximate surface area is 119 Å². The van der Waals surface area contributed by atoms with Gasteiger partial charge in [-0.25, -0.2) is 0 Å². The molecule has 0 aliphatic carbocycles. The van der Waals surface area contributed by atoms with Gasteiger partial charge in [0.2, 0.25) is 0 Å². The molecule has 0 unspecified atom stereocenters. The lowest BCUT2D eigenvalue weighted by molar-refractivity contribution is 0.266. The molecular weight excluding hydrogens is 246 g/mol. The van der Waals surface area contributed by atoms with Gasteiger partial charge in [0.1, 0.15) is 6.07 Å². The van der Waals surface area contributed by atoms with Gasteiger partial charge in [-0.3, -0.25) is 9.88 Å². The molecule has 0 bridgehead atoms. The van der Waals surface area contributed by atoms with Crippen molar-refractivity contribution >= 4 is 10.9 Å². The molecular formula is C17H19N3. The van der Waals surface area contributed by atoms with E-state index in [1.165, 1.54) is 5.56 Å². The topological polar surface area (TPSA) is 39.9 Å². The molecule has 0 amide bonds. The zero-order valence-electron chi connectivity index (χ0n) is 12.1. The van der Waals surface area contributed by atoms with Crippen molar-refractivity contribution in [2.75, 3.05) is 13.1 Å². The van der Waals surface area contributed by atoms with Crippen molar-refractivity contribution in [3.63, 3.8) is 0 Å². The third-order valence-corrected chi connectivity index (χ3v) is 4.27. The monoisotopic (exact) mass is 265 g/mol. The highest BCUT2D eigenvalue weighted by molar-refractivity contribution is 5.88. The first-order valence-corrected chi connectivity index (χ1v) is 7.34. The summed E-state index contributed by atoms with van der Waals surface area (Å²) in [5, 5.41) is 10.6. The summed E-state index contributed by atoms with van der Waals surface area (Å²) in [5.41, 5.74) is 5.36. The second-order valence-electron chi connectivity index (χ2n) is 5.31. The fourth-order valence-electron chi connectivity index (χ4n) is 3.06. The van der Waals surface area contributed by atoms with Crippen LogP contribution in [0.25, 0.3) is 10.9 Å². The second kappa shape index (κ2) is 5.22. The van der Waals surface area contributed by atoms with Crippen LogP contribution in [0.5, 0.6) is 0 Å². The predicted octanol–water partition coefficient (Wildman–Crippen LogP) is 3.05. The molecule has 0 fully saturated rings.